The van der Waals surface area contributed by atoms with Gasteiger partial charge in [0.2, 0.25) is 0 Å². The first-order chi connectivity index (χ1) is 16.6. The third kappa shape index (κ3) is 4.48. The molecule has 0 amide bonds. The number of likely N-dealkylation sites (tertiary alicyclic amines) is 1. The summed E-state index contributed by atoms with van der Waals surface area (Å²) in [6.07, 6.45) is 3.52. The summed E-state index contributed by atoms with van der Waals surface area (Å²) in [4.78, 5) is 6.98. The second kappa shape index (κ2) is 9.86. The first kappa shape index (κ1) is 23.0. The van der Waals surface area contributed by atoms with Gasteiger partial charge in [0.05, 0.1) is 14.2 Å². The molecule has 4 aromatic rings. The number of β-amino-alcohol motifs (C(OH)–C–C–N with tert-alkyl or cyclic N) is 1. The van der Waals surface area contributed by atoms with Gasteiger partial charge in [0, 0.05) is 44.6 Å². The Bertz CT molecular complexity index is 1270. The highest BCUT2D eigenvalue weighted by molar-refractivity contribution is 7.19. The van der Waals surface area contributed by atoms with E-state index in [1.807, 2.05) is 47.9 Å². The summed E-state index contributed by atoms with van der Waals surface area (Å²) in [5.74, 6) is 2.90. The maximum atomic E-state index is 10.7. The summed E-state index contributed by atoms with van der Waals surface area (Å²) in [6.45, 7) is 4.13. The number of aliphatic hydroxyl groups excluding tert-OH is 1. The maximum Gasteiger partial charge on any atom is 0.169 e. The van der Waals surface area contributed by atoms with Crippen LogP contribution in [-0.4, -0.2) is 61.1 Å². The van der Waals surface area contributed by atoms with E-state index < -0.39 is 6.10 Å². The van der Waals surface area contributed by atoms with Crippen LogP contribution in [0.3, 0.4) is 0 Å². The summed E-state index contributed by atoms with van der Waals surface area (Å²) in [6, 6.07) is 14.7. The fourth-order valence-corrected chi connectivity index (χ4v) is 6.31. The lowest BCUT2D eigenvalue weighted by atomic mass is 9.90. The minimum atomic E-state index is -0.533. The van der Waals surface area contributed by atoms with Gasteiger partial charge >= 0.3 is 0 Å². The number of aromatic nitrogens is 1. The number of rotatable bonds is 8. The zero-order chi connectivity index (χ0) is 23.7. The van der Waals surface area contributed by atoms with Gasteiger partial charge in [0.15, 0.2) is 11.5 Å². The smallest absolute Gasteiger partial charge is 0.169 e. The highest BCUT2D eigenvalue weighted by atomic mass is 32.1. The monoisotopic (exact) mass is 480 g/mol. The second-order valence-electron chi connectivity index (χ2n) is 9.09. The number of nitrogens with zero attached hydrogens (tertiary/aromatic N) is 1. The van der Waals surface area contributed by atoms with Crippen molar-refractivity contribution < 1.29 is 19.3 Å². The molecule has 34 heavy (non-hydrogen) atoms. The largest absolute Gasteiger partial charge is 0.493 e. The molecular weight excluding hydrogens is 448 g/mol. The molecular formula is C27H32N2O4S. The molecule has 6 nitrogen and oxygen atoms in total. The van der Waals surface area contributed by atoms with Crippen LogP contribution in [0.25, 0.3) is 21.0 Å². The van der Waals surface area contributed by atoms with E-state index >= 15 is 0 Å². The fourth-order valence-electron chi connectivity index (χ4n) is 5.10. The molecule has 3 atom stereocenters. The van der Waals surface area contributed by atoms with Crippen molar-refractivity contribution in [1.82, 2.24) is 9.88 Å². The lowest BCUT2D eigenvalue weighted by Crippen LogP contribution is -2.45. The van der Waals surface area contributed by atoms with Gasteiger partial charge in [0.1, 0.15) is 18.5 Å². The Morgan fingerprint density at radius 3 is 2.79 bits per heavy atom. The van der Waals surface area contributed by atoms with E-state index in [-0.39, 0.29) is 6.61 Å². The Balaban J connectivity index is 1.20. The Kier molecular flexibility index (Phi) is 6.68. The number of methoxy groups -OCH3 is 2. The SMILES string of the molecule is COc1ccc2sc([C@H]3CCN(C[C@H](O)COc4cccc5[nH]ccc45)[C@H](C)C3)cc2c1OC. The number of hydrogen-bond donors (Lipinski definition) is 2. The molecule has 0 spiro atoms. The summed E-state index contributed by atoms with van der Waals surface area (Å²) in [7, 11) is 3.37. The average Bonchev–Trinajstić information content (AvgIpc) is 3.50. The molecule has 0 unspecified atom stereocenters. The van der Waals surface area contributed by atoms with Crippen molar-refractivity contribution in [3.63, 3.8) is 0 Å². The number of hydrogen-bond acceptors (Lipinski definition) is 6. The standard InChI is InChI=1S/C27H32N2O4S/c1-17-13-18(26-14-21-25(34-26)8-7-24(31-2)27(21)32-3)10-12-29(17)15-19(30)16-33-23-6-4-5-22-20(23)9-11-28-22/h4-9,11,14,17-19,28,30H,10,12-13,15-16H2,1-3H3/t17-,18+,19+/m1/s1. The highest BCUT2D eigenvalue weighted by Gasteiger charge is 2.29. The molecule has 1 saturated heterocycles. The van der Waals surface area contributed by atoms with Crippen LogP contribution in [-0.2, 0) is 0 Å². The van der Waals surface area contributed by atoms with Gasteiger partial charge in [0.25, 0.3) is 0 Å². The van der Waals surface area contributed by atoms with Gasteiger partial charge in [-0.25, -0.2) is 0 Å². The zero-order valence-corrected chi connectivity index (χ0v) is 20.7. The average molecular weight is 481 g/mol. The molecule has 3 heterocycles. The second-order valence-corrected chi connectivity index (χ2v) is 10.2. The third-order valence-corrected chi connectivity index (χ3v) is 8.17. The van der Waals surface area contributed by atoms with E-state index in [9.17, 15) is 5.11 Å². The molecule has 2 aromatic carbocycles. The molecule has 0 bridgehead atoms. The van der Waals surface area contributed by atoms with E-state index in [1.54, 1.807) is 14.2 Å². The molecule has 1 aliphatic heterocycles. The number of fused-ring (bicyclic) bond motifs is 2. The summed E-state index contributed by atoms with van der Waals surface area (Å²) in [5, 5.41) is 12.9. The summed E-state index contributed by atoms with van der Waals surface area (Å²) >= 11 is 1.85. The predicted octanol–water partition coefficient (Wildman–Crippen LogP) is 5.41. The number of nitrogens with one attached hydrogen (secondary N) is 1. The highest BCUT2D eigenvalue weighted by Crippen LogP contribution is 2.44. The number of aliphatic hydroxyl groups is 1. The van der Waals surface area contributed by atoms with E-state index in [4.69, 9.17) is 14.2 Å². The molecule has 1 aliphatic rings. The van der Waals surface area contributed by atoms with E-state index in [1.165, 1.54) is 9.58 Å². The minimum Gasteiger partial charge on any atom is -0.493 e. The zero-order valence-electron chi connectivity index (χ0n) is 19.9. The molecule has 180 valence electrons. The first-order valence-corrected chi connectivity index (χ1v) is 12.6. The summed E-state index contributed by atoms with van der Waals surface area (Å²) in [5.41, 5.74) is 1.04. The summed E-state index contributed by atoms with van der Waals surface area (Å²) < 4.78 is 18.3. The first-order valence-electron chi connectivity index (χ1n) is 11.8. The van der Waals surface area contributed by atoms with E-state index in [0.717, 1.165) is 52.9 Å². The molecule has 2 aromatic heterocycles. The number of H-pyrrole nitrogens is 1. The van der Waals surface area contributed by atoms with Crippen LogP contribution in [0, 0.1) is 0 Å². The predicted molar refractivity (Wildman–Crippen MR) is 138 cm³/mol. The van der Waals surface area contributed by atoms with Crippen LogP contribution in [0.15, 0.2) is 48.7 Å². The van der Waals surface area contributed by atoms with Gasteiger partial charge < -0.3 is 24.3 Å². The molecule has 7 heteroatoms. The van der Waals surface area contributed by atoms with Crippen LogP contribution >= 0.6 is 11.3 Å². The number of benzene rings is 2. The van der Waals surface area contributed by atoms with Crippen molar-refractivity contribution in [1.29, 1.82) is 0 Å². The van der Waals surface area contributed by atoms with Crippen molar-refractivity contribution in [2.45, 2.75) is 37.8 Å². The fraction of sp³-hybridized carbons (Fsp3) is 0.407. The van der Waals surface area contributed by atoms with Crippen LogP contribution in [0.5, 0.6) is 17.2 Å². The Morgan fingerprint density at radius 1 is 1.12 bits per heavy atom. The van der Waals surface area contributed by atoms with Gasteiger partial charge in [-0.3, -0.25) is 4.90 Å². The van der Waals surface area contributed by atoms with Gasteiger partial charge in [-0.1, -0.05) is 6.07 Å². The van der Waals surface area contributed by atoms with Crippen molar-refractivity contribution in [3.8, 4) is 17.2 Å². The van der Waals surface area contributed by atoms with Crippen molar-refractivity contribution >= 4 is 32.3 Å². The van der Waals surface area contributed by atoms with Crippen molar-refractivity contribution in [2.24, 2.45) is 0 Å². The number of thiophene rings is 1. The number of ether oxygens (including phenoxy) is 3. The van der Waals surface area contributed by atoms with Crippen molar-refractivity contribution in [2.75, 3.05) is 33.9 Å². The van der Waals surface area contributed by atoms with Gasteiger partial charge in [-0.05, 0) is 68.6 Å². The maximum absolute atomic E-state index is 10.7. The van der Waals surface area contributed by atoms with Crippen LogP contribution in [0.2, 0.25) is 0 Å². The van der Waals surface area contributed by atoms with E-state index in [2.05, 4.69) is 28.9 Å². The number of aromatic amines is 1. The van der Waals surface area contributed by atoms with Crippen molar-refractivity contribution in [3.05, 3.63) is 53.5 Å². The van der Waals surface area contributed by atoms with Gasteiger partial charge in [-0.2, -0.15) is 0 Å². The van der Waals surface area contributed by atoms with Crippen LogP contribution in [0.4, 0.5) is 0 Å². The quantitative estimate of drug-likeness (QED) is 0.353. The molecule has 1 fully saturated rings. The normalized spacial score (nSPS) is 20.0. The Morgan fingerprint density at radius 2 is 2.00 bits per heavy atom. The lowest BCUT2D eigenvalue weighted by molar-refractivity contribution is 0.0408. The molecule has 0 saturated carbocycles. The molecule has 5 rings (SSSR count). The molecule has 2 N–H and O–H groups in total. The minimum absolute atomic E-state index is 0.287. The Hall–Kier alpha value is -2.74. The Labute approximate surface area is 204 Å². The molecule has 0 radical (unpaired) electrons. The van der Waals surface area contributed by atoms with E-state index in [0.29, 0.717) is 18.5 Å². The van der Waals surface area contributed by atoms with Crippen LogP contribution < -0.4 is 14.2 Å². The van der Waals surface area contributed by atoms with Gasteiger partial charge in [-0.15, -0.1) is 11.3 Å². The topological polar surface area (TPSA) is 67.0 Å². The number of piperidine rings is 1. The third-order valence-electron chi connectivity index (χ3n) is 6.91. The van der Waals surface area contributed by atoms with Crippen LogP contribution in [0.1, 0.15) is 30.6 Å². The lowest BCUT2D eigenvalue weighted by Gasteiger charge is -2.38. The molecule has 0 aliphatic carbocycles.